The molecule has 0 saturated carbocycles. The molecule has 0 saturated heterocycles. The van der Waals surface area contributed by atoms with Crippen molar-refractivity contribution in [2.24, 2.45) is 0 Å². The zero-order chi connectivity index (χ0) is 4.00. The van der Waals surface area contributed by atoms with E-state index < -0.39 is 0 Å². The summed E-state index contributed by atoms with van der Waals surface area (Å²) in [6.45, 7) is 6.00. The summed E-state index contributed by atoms with van der Waals surface area (Å²) in [5, 5.41) is 0. The Kier molecular flexibility index (Phi) is 749. The topological polar surface area (TPSA) is 70.0 Å². The summed E-state index contributed by atoms with van der Waals surface area (Å²) in [5.41, 5.74) is 0. The molecule has 0 atom stereocenters. The maximum Gasteiger partial charge on any atom is -0.106 e. The van der Waals surface area contributed by atoms with Crippen LogP contribution in [-0.2, 0) is 0 Å². The Labute approximate surface area is 39.4 Å². The zero-order valence-electron chi connectivity index (χ0n) is 3.98. The first kappa shape index (κ1) is 62.5. The third-order valence-corrected chi connectivity index (χ3v) is 0. The van der Waals surface area contributed by atoms with Crippen molar-refractivity contribution in [2.75, 3.05) is 0 Å². The van der Waals surface area contributed by atoms with Crippen molar-refractivity contribution in [2.45, 2.75) is 0 Å². The van der Waals surface area contributed by atoms with Crippen molar-refractivity contribution in [3.63, 3.8) is 0 Å². The predicted octanol–water partition coefficient (Wildman–Crippen LogP) is 1.38. The van der Waals surface area contributed by atoms with Crippen LogP contribution < -0.4 is 12.3 Å². The minimum absolute atomic E-state index is 0. The van der Waals surface area contributed by atoms with Gasteiger partial charge in [-0.1, -0.05) is 0 Å². The predicted molar refractivity (Wildman–Crippen MR) is 31.2 cm³/mol. The Bertz CT molecular complexity index is 16.8. The number of hydrogen-bond donors (Lipinski definition) is 2. The van der Waals surface area contributed by atoms with Gasteiger partial charge in [0.05, 0.1) is 0 Å². The SMILES string of the molecule is C#C.C=C.N.N. The molecule has 0 aromatic heterocycles. The highest BCUT2D eigenvalue weighted by Crippen LogP contribution is 0.862. The number of rotatable bonds is 0. The van der Waals surface area contributed by atoms with Crippen molar-refractivity contribution in [1.82, 2.24) is 12.3 Å². The summed E-state index contributed by atoms with van der Waals surface area (Å²) < 4.78 is 0. The van der Waals surface area contributed by atoms with Crippen molar-refractivity contribution >= 4 is 0 Å². The third-order valence-electron chi connectivity index (χ3n) is 0. The summed E-state index contributed by atoms with van der Waals surface area (Å²) in [6, 6.07) is 0. The van der Waals surface area contributed by atoms with E-state index >= 15 is 0 Å². The van der Waals surface area contributed by atoms with Gasteiger partial charge in [0, 0.05) is 0 Å². The van der Waals surface area contributed by atoms with Crippen LogP contribution in [0.2, 0.25) is 0 Å². The van der Waals surface area contributed by atoms with E-state index in [0.717, 1.165) is 0 Å². The molecule has 0 radical (unpaired) electrons. The number of terminal acetylenes is 1. The lowest BCUT2D eigenvalue weighted by Gasteiger charge is -0.813. The molecule has 0 rings (SSSR count). The fourth-order valence-corrected chi connectivity index (χ4v) is 0. The van der Waals surface area contributed by atoms with E-state index in [1.807, 2.05) is 0 Å². The van der Waals surface area contributed by atoms with Gasteiger partial charge in [-0.15, -0.1) is 26.0 Å². The van der Waals surface area contributed by atoms with Gasteiger partial charge in [-0.3, -0.25) is 0 Å². The minimum Gasteiger partial charge on any atom is -0.344 e. The molecule has 6 heavy (non-hydrogen) atoms. The Morgan fingerprint density at radius 1 is 0.833 bits per heavy atom. The molecule has 0 aromatic carbocycles. The number of hydrogen-bond acceptors (Lipinski definition) is 2. The molecule has 0 bridgehead atoms. The maximum absolute atomic E-state index is 4.00. The Balaban J connectivity index is -0.00000000500. The van der Waals surface area contributed by atoms with Gasteiger partial charge in [0.2, 0.25) is 0 Å². The van der Waals surface area contributed by atoms with E-state index in [1.54, 1.807) is 0 Å². The molecule has 2 heteroatoms. The van der Waals surface area contributed by atoms with Gasteiger partial charge in [0.25, 0.3) is 0 Å². The summed E-state index contributed by atoms with van der Waals surface area (Å²) in [5.74, 6) is 0. The first-order chi connectivity index (χ1) is 2.00. The molecule has 0 unspecified atom stereocenters. The van der Waals surface area contributed by atoms with Crippen molar-refractivity contribution in [1.29, 1.82) is 0 Å². The van der Waals surface area contributed by atoms with E-state index in [2.05, 4.69) is 26.0 Å². The molecule has 0 heterocycles. The van der Waals surface area contributed by atoms with Crippen LogP contribution in [-0.4, -0.2) is 0 Å². The van der Waals surface area contributed by atoms with Crippen LogP contribution in [0.5, 0.6) is 0 Å². The lowest BCUT2D eigenvalue weighted by atomic mass is 11.3. The molecule has 0 aromatic rings. The second-order valence-corrected chi connectivity index (χ2v) is 0. The summed E-state index contributed by atoms with van der Waals surface area (Å²) in [7, 11) is 0. The van der Waals surface area contributed by atoms with Crippen LogP contribution in [0.1, 0.15) is 0 Å². The maximum atomic E-state index is 4.00. The molecular formula is C4H12N2. The fourth-order valence-electron chi connectivity index (χ4n) is 0. The van der Waals surface area contributed by atoms with E-state index in [4.69, 9.17) is 0 Å². The van der Waals surface area contributed by atoms with E-state index in [1.165, 1.54) is 0 Å². The Morgan fingerprint density at radius 3 is 0.833 bits per heavy atom. The molecule has 0 amide bonds. The highest BCUT2D eigenvalue weighted by Gasteiger charge is 0.601. The summed E-state index contributed by atoms with van der Waals surface area (Å²) in [6.07, 6.45) is 8.00. The van der Waals surface area contributed by atoms with Gasteiger partial charge in [-0.25, -0.2) is 0 Å². The van der Waals surface area contributed by atoms with Gasteiger partial charge in [-0.2, -0.15) is 0 Å². The summed E-state index contributed by atoms with van der Waals surface area (Å²) >= 11 is 0. The largest absolute Gasteiger partial charge is 0.344 e. The van der Waals surface area contributed by atoms with Crippen LogP contribution >= 0.6 is 0 Å². The molecule has 0 aliphatic heterocycles. The quantitative estimate of drug-likeness (QED) is 0.347. The van der Waals surface area contributed by atoms with Crippen LogP contribution in [0, 0.1) is 12.8 Å². The second kappa shape index (κ2) is 71.9. The first-order valence-corrected chi connectivity index (χ1v) is 0.833. The lowest BCUT2D eigenvalue weighted by Crippen LogP contribution is -0.576. The molecule has 6 N–H and O–H groups in total. The van der Waals surface area contributed by atoms with Gasteiger partial charge in [0.15, 0.2) is 0 Å². The van der Waals surface area contributed by atoms with Gasteiger partial charge < -0.3 is 12.3 Å². The van der Waals surface area contributed by atoms with Gasteiger partial charge >= 0.3 is 0 Å². The van der Waals surface area contributed by atoms with Crippen molar-refractivity contribution in [3.8, 4) is 12.8 Å². The highest BCUT2D eigenvalue weighted by atomic mass is 14.0. The highest BCUT2D eigenvalue weighted by molar-refractivity contribution is 4.47. The standard InChI is InChI=1S/C2H4.C2H2.2H3N/c2*1-2;;/h1-2H2;1-2H;2*1H3. The van der Waals surface area contributed by atoms with Crippen molar-refractivity contribution < 1.29 is 0 Å². The molecule has 0 aliphatic carbocycles. The molecule has 2 nitrogen and oxygen atoms in total. The van der Waals surface area contributed by atoms with Crippen LogP contribution in [0.4, 0.5) is 0 Å². The molecule has 0 spiro atoms. The molecule has 38 valence electrons. The molecule has 0 fully saturated rings. The Morgan fingerprint density at radius 2 is 0.833 bits per heavy atom. The van der Waals surface area contributed by atoms with Gasteiger partial charge in [0.1, 0.15) is 0 Å². The first-order valence-electron chi connectivity index (χ1n) is 0.833. The average molecular weight is 88.2 g/mol. The lowest BCUT2D eigenvalue weighted by molar-refractivity contribution is 2.13. The smallest absolute Gasteiger partial charge is 0.106 e. The van der Waals surface area contributed by atoms with Crippen LogP contribution in [0.15, 0.2) is 13.2 Å². The Hall–Kier alpha value is -0.780. The van der Waals surface area contributed by atoms with E-state index in [-0.39, 0.29) is 12.3 Å². The normalized spacial score (nSPS) is 1.00. The van der Waals surface area contributed by atoms with Gasteiger partial charge in [-0.05, 0) is 0 Å². The van der Waals surface area contributed by atoms with Crippen LogP contribution in [0.25, 0.3) is 0 Å². The molecular weight excluding hydrogens is 76.1 g/mol. The zero-order valence-corrected chi connectivity index (χ0v) is 3.98. The average Bonchev–Trinajstić information content (AvgIpc) is 1.50. The minimum atomic E-state index is 0. The van der Waals surface area contributed by atoms with Crippen LogP contribution in [0.3, 0.4) is 0 Å². The molecule has 0 aliphatic rings. The second-order valence-electron chi connectivity index (χ2n) is 0. The monoisotopic (exact) mass is 88.1 g/mol. The third kappa shape index (κ3) is 26.1. The van der Waals surface area contributed by atoms with E-state index in [9.17, 15) is 0 Å². The van der Waals surface area contributed by atoms with Crippen molar-refractivity contribution in [3.05, 3.63) is 13.2 Å². The summed E-state index contributed by atoms with van der Waals surface area (Å²) in [4.78, 5) is 0. The fraction of sp³-hybridized carbons (Fsp3) is 0. The van der Waals surface area contributed by atoms with E-state index in [0.29, 0.717) is 0 Å².